The SMILES string of the molecule is CC(=O)c1ccc(NC(=O)C2CCC(C(=O)NC3CC3)CC2)cc1. The van der Waals surface area contributed by atoms with E-state index < -0.39 is 0 Å². The molecule has 128 valence electrons. The summed E-state index contributed by atoms with van der Waals surface area (Å²) >= 11 is 0. The van der Waals surface area contributed by atoms with E-state index in [1.807, 2.05) is 0 Å². The Balaban J connectivity index is 1.47. The van der Waals surface area contributed by atoms with Crippen LogP contribution in [0.15, 0.2) is 24.3 Å². The molecular weight excluding hydrogens is 304 g/mol. The van der Waals surface area contributed by atoms with Crippen LogP contribution in [0.2, 0.25) is 0 Å². The van der Waals surface area contributed by atoms with E-state index in [4.69, 9.17) is 0 Å². The van der Waals surface area contributed by atoms with Gasteiger partial charge in [0.2, 0.25) is 11.8 Å². The Morgan fingerprint density at radius 1 is 0.833 bits per heavy atom. The normalized spacial score (nSPS) is 23.4. The van der Waals surface area contributed by atoms with E-state index in [1.54, 1.807) is 24.3 Å². The molecule has 0 saturated heterocycles. The van der Waals surface area contributed by atoms with Crippen LogP contribution in [-0.2, 0) is 9.59 Å². The molecule has 0 aromatic heterocycles. The van der Waals surface area contributed by atoms with Gasteiger partial charge in [0.25, 0.3) is 0 Å². The van der Waals surface area contributed by atoms with Crippen molar-refractivity contribution in [1.29, 1.82) is 0 Å². The van der Waals surface area contributed by atoms with E-state index in [1.165, 1.54) is 6.92 Å². The summed E-state index contributed by atoms with van der Waals surface area (Å²) in [7, 11) is 0. The molecule has 1 aromatic carbocycles. The van der Waals surface area contributed by atoms with Crippen LogP contribution in [0.1, 0.15) is 55.8 Å². The monoisotopic (exact) mass is 328 g/mol. The van der Waals surface area contributed by atoms with Crippen molar-refractivity contribution in [3.63, 3.8) is 0 Å². The highest BCUT2D eigenvalue weighted by molar-refractivity contribution is 5.96. The molecule has 2 aliphatic carbocycles. The molecule has 2 amide bonds. The van der Waals surface area contributed by atoms with Crippen molar-refractivity contribution in [1.82, 2.24) is 5.32 Å². The molecular formula is C19H24N2O3. The number of ketones is 1. The first-order chi connectivity index (χ1) is 11.5. The first kappa shape index (κ1) is 16.7. The summed E-state index contributed by atoms with van der Waals surface area (Å²) in [6.45, 7) is 1.52. The zero-order valence-corrected chi connectivity index (χ0v) is 14.0. The minimum atomic E-state index is -0.0394. The number of carbonyl (C=O) groups is 3. The summed E-state index contributed by atoms with van der Waals surface area (Å²) in [6, 6.07) is 7.34. The average Bonchev–Trinajstić information content (AvgIpc) is 3.39. The lowest BCUT2D eigenvalue weighted by molar-refractivity contribution is -0.128. The van der Waals surface area contributed by atoms with Crippen LogP contribution in [-0.4, -0.2) is 23.6 Å². The van der Waals surface area contributed by atoms with E-state index in [0.29, 0.717) is 17.3 Å². The van der Waals surface area contributed by atoms with Gasteiger partial charge in [0.1, 0.15) is 0 Å². The van der Waals surface area contributed by atoms with E-state index in [9.17, 15) is 14.4 Å². The average molecular weight is 328 g/mol. The van der Waals surface area contributed by atoms with Crippen molar-refractivity contribution in [3.8, 4) is 0 Å². The lowest BCUT2D eigenvalue weighted by atomic mass is 9.81. The van der Waals surface area contributed by atoms with Gasteiger partial charge in [0, 0.05) is 29.1 Å². The number of Topliss-reactive ketones (excluding diaryl/α,β-unsaturated/α-hetero) is 1. The second-order valence-corrected chi connectivity index (χ2v) is 6.95. The lowest BCUT2D eigenvalue weighted by Gasteiger charge is -2.27. The first-order valence-electron chi connectivity index (χ1n) is 8.75. The second kappa shape index (κ2) is 7.16. The van der Waals surface area contributed by atoms with Gasteiger partial charge in [-0.25, -0.2) is 0 Å². The highest BCUT2D eigenvalue weighted by Gasteiger charge is 2.32. The van der Waals surface area contributed by atoms with Crippen LogP contribution < -0.4 is 10.6 Å². The summed E-state index contributed by atoms with van der Waals surface area (Å²) in [5.41, 5.74) is 1.34. The Bertz CT molecular complexity index is 627. The molecule has 5 heteroatoms. The predicted molar refractivity (Wildman–Crippen MR) is 91.7 cm³/mol. The van der Waals surface area contributed by atoms with Gasteiger partial charge in [-0.2, -0.15) is 0 Å². The summed E-state index contributed by atoms with van der Waals surface area (Å²) in [5, 5.41) is 5.97. The zero-order valence-electron chi connectivity index (χ0n) is 14.0. The molecule has 2 fully saturated rings. The van der Waals surface area contributed by atoms with Crippen LogP contribution in [0.5, 0.6) is 0 Å². The lowest BCUT2D eigenvalue weighted by Crippen LogP contribution is -2.36. The van der Waals surface area contributed by atoms with Gasteiger partial charge in [-0.15, -0.1) is 0 Å². The van der Waals surface area contributed by atoms with Crippen molar-refractivity contribution in [3.05, 3.63) is 29.8 Å². The molecule has 0 atom stereocenters. The number of hydrogen-bond acceptors (Lipinski definition) is 3. The molecule has 0 bridgehead atoms. The molecule has 0 spiro atoms. The molecule has 2 N–H and O–H groups in total. The smallest absolute Gasteiger partial charge is 0.227 e. The fourth-order valence-electron chi connectivity index (χ4n) is 3.20. The molecule has 0 unspecified atom stereocenters. The molecule has 2 aliphatic rings. The Kier molecular flexibility index (Phi) is 4.97. The van der Waals surface area contributed by atoms with E-state index in [2.05, 4.69) is 10.6 Å². The van der Waals surface area contributed by atoms with Gasteiger partial charge in [0.05, 0.1) is 0 Å². The van der Waals surface area contributed by atoms with Crippen molar-refractivity contribution >= 4 is 23.3 Å². The number of carbonyl (C=O) groups excluding carboxylic acids is 3. The first-order valence-corrected chi connectivity index (χ1v) is 8.75. The van der Waals surface area contributed by atoms with Gasteiger partial charge in [0.15, 0.2) is 5.78 Å². The Morgan fingerprint density at radius 2 is 1.38 bits per heavy atom. The maximum atomic E-state index is 12.4. The minimum Gasteiger partial charge on any atom is -0.353 e. The second-order valence-electron chi connectivity index (χ2n) is 6.95. The Labute approximate surface area is 142 Å². The van der Waals surface area contributed by atoms with Crippen molar-refractivity contribution in [2.24, 2.45) is 11.8 Å². The van der Waals surface area contributed by atoms with Crippen LogP contribution in [0, 0.1) is 11.8 Å². The Hall–Kier alpha value is -2.17. The largest absolute Gasteiger partial charge is 0.353 e. The number of anilines is 1. The molecule has 3 rings (SSSR count). The molecule has 5 nitrogen and oxygen atoms in total. The van der Waals surface area contributed by atoms with Crippen molar-refractivity contribution in [2.75, 3.05) is 5.32 Å². The van der Waals surface area contributed by atoms with Crippen LogP contribution in [0.4, 0.5) is 5.69 Å². The number of benzene rings is 1. The maximum absolute atomic E-state index is 12.4. The minimum absolute atomic E-state index is 0.00614. The number of hydrogen-bond donors (Lipinski definition) is 2. The standard InChI is InChI=1S/C19H24N2O3/c1-12(22)13-6-8-16(9-7-13)20-18(23)14-2-4-15(5-3-14)19(24)21-17-10-11-17/h6-9,14-15,17H,2-5,10-11H2,1H3,(H,20,23)(H,21,24). The van der Waals surface area contributed by atoms with Crippen molar-refractivity contribution < 1.29 is 14.4 Å². The van der Waals surface area contributed by atoms with Crippen LogP contribution in [0.3, 0.4) is 0 Å². The van der Waals surface area contributed by atoms with E-state index >= 15 is 0 Å². The van der Waals surface area contributed by atoms with Gasteiger partial charge < -0.3 is 10.6 Å². The molecule has 0 heterocycles. The third kappa shape index (κ3) is 4.22. The topological polar surface area (TPSA) is 75.3 Å². The third-order valence-electron chi connectivity index (χ3n) is 4.95. The summed E-state index contributed by atoms with van der Waals surface area (Å²) in [5.74, 6) is 0.199. The van der Waals surface area contributed by atoms with E-state index in [-0.39, 0.29) is 29.4 Å². The molecule has 2 saturated carbocycles. The van der Waals surface area contributed by atoms with Gasteiger partial charge >= 0.3 is 0 Å². The Morgan fingerprint density at radius 3 is 1.88 bits per heavy atom. The summed E-state index contributed by atoms with van der Waals surface area (Å²) in [6.07, 6.45) is 5.26. The molecule has 0 radical (unpaired) electrons. The van der Waals surface area contributed by atoms with Gasteiger partial charge in [-0.3, -0.25) is 14.4 Å². The maximum Gasteiger partial charge on any atom is 0.227 e. The highest BCUT2D eigenvalue weighted by atomic mass is 16.2. The van der Waals surface area contributed by atoms with Gasteiger partial charge in [-0.05, 0) is 69.7 Å². The van der Waals surface area contributed by atoms with Gasteiger partial charge in [-0.1, -0.05) is 0 Å². The fourth-order valence-corrected chi connectivity index (χ4v) is 3.20. The van der Waals surface area contributed by atoms with E-state index in [0.717, 1.165) is 38.5 Å². The number of rotatable bonds is 5. The highest BCUT2D eigenvalue weighted by Crippen LogP contribution is 2.31. The number of nitrogens with one attached hydrogen (secondary N) is 2. The fraction of sp³-hybridized carbons (Fsp3) is 0.526. The summed E-state index contributed by atoms with van der Waals surface area (Å²) < 4.78 is 0. The quantitative estimate of drug-likeness (QED) is 0.816. The van der Waals surface area contributed by atoms with Crippen LogP contribution in [0.25, 0.3) is 0 Å². The zero-order chi connectivity index (χ0) is 17.1. The molecule has 0 aliphatic heterocycles. The third-order valence-corrected chi connectivity index (χ3v) is 4.95. The molecule has 1 aromatic rings. The molecule has 24 heavy (non-hydrogen) atoms. The van der Waals surface area contributed by atoms with Crippen molar-refractivity contribution in [2.45, 2.75) is 51.5 Å². The number of amides is 2. The van der Waals surface area contributed by atoms with Crippen LogP contribution >= 0.6 is 0 Å². The predicted octanol–water partition coefficient (Wildman–Crippen LogP) is 2.91. The summed E-state index contributed by atoms with van der Waals surface area (Å²) in [4.78, 5) is 35.7.